The Labute approximate surface area is 155 Å². The predicted octanol–water partition coefficient (Wildman–Crippen LogP) is 2.84. The van der Waals surface area contributed by atoms with Crippen molar-refractivity contribution in [2.45, 2.75) is 39.0 Å². The van der Waals surface area contributed by atoms with Crippen LogP contribution in [0.5, 0.6) is 0 Å². The third kappa shape index (κ3) is 6.78. The summed E-state index contributed by atoms with van der Waals surface area (Å²) in [5.74, 6) is 0.769. The second kappa shape index (κ2) is 10.6. The molecule has 0 unspecified atom stereocenters. The van der Waals surface area contributed by atoms with E-state index < -0.39 is 0 Å². The van der Waals surface area contributed by atoms with Crippen molar-refractivity contribution in [2.24, 2.45) is 5.92 Å². The normalized spacial score (nSPS) is 15.6. The van der Waals surface area contributed by atoms with Crippen LogP contribution in [0.1, 0.15) is 48.7 Å². The Kier molecular flexibility index (Phi) is 8.41. The molecule has 0 radical (unpaired) electrons. The molecule has 0 aliphatic carbocycles. The summed E-state index contributed by atoms with van der Waals surface area (Å²) in [6, 6.07) is 3.65. The van der Waals surface area contributed by atoms with Gasteiger partial charge in [0.15, 0.2) is 0 Å². The predicted molar refractivity (Wildman–Crippen MR) is 103 cm³/mol. The van der Waals surface area contributed by atoms with Crippen LogP contribution in [0, 0.1) is 5.92 Å². The molecule has 1 aliphatic rings. The molecule has 25 heavy (non-hydrogen) atoms. The highest BCUT2D eigenvalue weighted by Crippen LogP contribution is 2.19. The number of nitrogens with one attached hydrogen (secondary N) is 1. The molecule has 1 saturated heterocycles. The molecule has 140 valence electrons. The number of hydrogen-bond acceptors (Lipinski definition) is 4. The summed E-state index contributed by atoms with van der Waals surface area (Å²) in [4.78, 5) is 29.2. The number of rotatable bonds is 9. The molecule has 0 aromatic carbocycles. The third-order valence-electron chi connectivity index (χ3n) is 4.80. The lowest BCUT2D eigenvalue weighted by Crippen LogP contribution is -2.42. The average Bonchev–Trinajstić information content (AvgIpc) is 3.15. The highest BCUT2D eigenvalue weighted by Gasteiger charge is 2.23. The summed E-state index contributed by atoms with van der Waals surface area (Å²) in [5, 5.41) is 4.71. The lowest BCUT2D eigenvalue weighted by atomic mass is 9.96. The van der Waals surface area contributed by atoms with Gasteiger partial charge in [-0.25, -0.2) is 0 Å². The number of hydrogen-bond donors (Lipinski definition) is 1. The first-order valence-electron chi connectivity index (χ1n) is 9.38. The maximum Gasteiger partial charge on any atom is 0.261 e. The summed E-state index contributed by atoms with van der Waals surface area (Å²) in [6.07, 6.45) is 5.05. The number of piperidine rings is 1. The van der Waals surface area contributed by atoms with Gasteiger partial charge < -0.3 is 15.1 Å². The number of likely N-dealkylation sites (tertiary alicyclic amines) is 1. The van der Waals surface area contributed by atoms with Gasteiger partial charge in [0, 0.05) is 32.6 Å². The van der Waals surface area contributed by atoms with Crippen molar-refractivity contribution in [3.63, 3.8) is 0 Å². The third-order valence-corrected chi connectivity index (χ3v) is 5.67. The topological polar surface area (TPSA) is 52.6 Å². The Hall–Kier alpha value is -1.40. The minimum atomic E-state index is -0.0865. The van der Waals surface area contributed by atoms with Crippen LogP contribution < -0.4 is 5.32 Å². The van der Waals surface area contributed by atoms with Crippen LogP contribution in [0.25, 0.3) is 0 Å². The van der Waals surface area contributed by atoms with E-state index in [1.807, 2.05) is 16.3 Å². The van der Waals surface area contributed by atoms with Gasteiger partial charge in [0.05, 0.1) is 4.88 Å². The number of amides is 2. The van der Waals surface area contributed by atoms with Crippen molar-refractivity contribution in [1.82, 2.24) is 15.1 Å². The standard InChI is InChI=1S/C19H31N3O2S/c1-3-4-11-21(2)15-16-8-12-22(13-9-16)18(23)7-10-20-19(24)17-6-5-14-25-17/h5-6,14,16H,3-4,7-13,15H2,1-2H3,(H,20,24). The molecule has 0 saturated carbocycles. The second-order valence-electron chi connectivity index (χ2n) is 6.92. The Morgan fingerprint density at radius 1 is 1.36 bits per heavy atom. The summed E-state index contributed by atoms with van der Waals surface area (Å²) >= 11 is 1.42. The number of nitrogens with zero attached hydrogens (tertiary/aromatic N) is 2. The van der Waals surface area contributed by atoms with Crippen molar-refractivity contribution in [1.29, 1.82) is 0 Å². The van der Waals surface area contributed by atoms with Gasteiger partial charge in [0.2, 0.25) is 5.91 Å². The van der Waals surface area contributed by atoms with E-state index in [9.17, 15) is 9.59 Å². The van der Waals surface area contributed by atoms with Crippen LogP contribution in [0.2, 0.25) is 0 Å². The Morgan fingerprint density at radius 3 is 2.76 bits per heavy atom. The van der Waals surface area contributed by atoms with E-state index in [1.165, 1.54) is 30.7 Å². The molecule has 0 atom stereocenters. The van der Waals surface area contributed by atoms with Gasteiger partial charge in [0.1, 0.15) is 0 Å². The highest BCUT2D eigenvalue weighted by atomic mass is 32.1. The van der Waals surface area contributed by atoms with Crippen LogP contribution in [-0.2, 0) is 4.79 Å². The van der Waals surface area contributed by atoms with Crippen LogP contribution in [0.4, 0.5) is 0 Å². The summed E-state index contributed by atoms with van der Waals surface area (Å²) < 4.78 is 0. The van der Waals surface area contributed by atoms with E-state index >= 15 is 0 Å². The zero-order chi connectivity index (χ0) is 18.1. The molecule has 1 fully saturated rings. The van der Waals surface area contributed by atoms with Gasteiger partial charge >= 0.3 is 0 Å². The summed E-state index contributed by atoms with van der Waals surface area (Å²) in [5.41, 5.74) is 0. The lowest BCUT2D eigenvalue weighted by Gasteiger charge is -2.34. The van der Waals surface area contributed by atoms with Crippen molar-refractivity contribution in [3.05, 3.63) is 22.4 Å². The number of carbonyl (C=O) groups is 2. The molecule has 1 aromatic rings. The Morgan fingerprint density at radius 2 is 2.12 bits per heavy atom. The largest absolute Gasteiger partial charge is 0.351 e. The molecule has 0 bridgehead atoms. The first-order valence-corrected chi connectivity index (χ1v) is 10.3. The van der Waals surface area contributed by atoms with E-state index in [0.29, 0.717) is 23.8 Å². The van der Waals surface area contributed by atoms with Crippen LogP contribution in [0.15, 0.2) is 17.5 Å². The van der Waals surface area contributed by atoms with Gasteiger partial charge in [-0.2, -0.15) is 0 Å². The van der Waals surface area contributed by atoms with Crippen molar-refractivity contribution >= 4 is 23.2 Å². The monoisotopic (exact) mass is 365 g/mol. The molecular formula is C19H31N3O2S. The fourth-order valence-electron chi connectivity index (χ4n) is 3.26. The fraction of sp³-hybridized carbons (Fsp3) is 0.684. The van der Waals surface area contributed by atoms with Crippen LogP contribution in [-0.4, -0.2) is 61.4 Å². The van der Waals surface area contributed by atoms with Gasteiger partial charge in [-0.1, -0.05) is 19.4 Å². The maximum atomic E-state index is 12.3. The minimum Gasteiger partial charge on any atom is -0.351 e. The molecule has 1 N–H and O–H groups in total. The summed E-state index contributed by atoms with van der Waals surface area (Å²) in [6.45, 7) is 6.64. The summed E-state index contributed by atoms with van der Waals surface area (Å²) in [7, 11) is 2.20. The quantitative estimate of drug-likeness (QED) is 0.732. The molecule has 5 nitrogen and oxygen atoms in total. The van der Waals surface area contributed by atoms with Crippen molar-refractivity contribution < 1.29 is 9.59 Å². The smallest absolute Gasteiger partial charge is 0.261 e. The number of unbranched alkanes of at least 4 members (excludes halogenated alkanes) is 1. The van der Waals surface area contributed by atoms with Gasteiger partial charge in [-0.3, -0.25) is 9.59 Å². The molecule has 6 heteroatoms. The minimum absolute atomic E-state index is 0.0865. The zero-order valence-electron chi connectivity index (χ0n) is 15.5. The van der Waals surface area contributed by atoms with E-state index in [-0.39, 0.29) is 11.8 Å². The number of thiophene rings is 1. The van der Waals surface area contributed by atoms with E-state index in [0.717, 1.165) is 32.5 Å². The molecular weight excluding hydrogens is 334 g/mol. The fourth-order valence-corrected chi connectivity index (χ4v) is 3.90. The van der Waals surface area contributed by atoms with Crippen molar-refractivity contribution in [3.8, 4) is 0 Å². The average molecular weight is 366 g/mol. The van der Waals surface area contributed by atoms with Crippen LogP contribution in [0.3, 0.4) is 0 Å². The van der Waals surface area contributed by atoms with Crippen molar-refractivity contribution in [2.75, 3.05) is 39.8 Å². The Bertz CT molecular complexity index is 525. The molecule has 2 amide bonds. The molecule has 2 rings (SSSR count). The highest BCUT2D eigenvalue weighted by molar-refractivity contribution is 7.12. The molecule has 2 heterocycles. The van der Waals surface area contributed by atoms with Crippen LogP contribution >= 0.6 is 11.3 Å². The molecule has 0 spiro atoms. The van der Waals surface area contributed by atoms with Gasteiger partial charge in [-0.15, -0.1) is 11.3 Å². The Balaban J connectivity index is 1.61. The SMILES string of the molecule is CCCCN(C)CC1CCN(C(=O)CCNC(=O)c2cccs2)CC1. The first kappa shape index (κ1) is 19.9. The van der Waals surface area contributed by atoms with E-state index in [4.69, 9.17) is 0 Å². The van der Waals surface area contributed by atoms with Gasteiger partial charge in [0.25, 0.3) is 5.91 Å². The molecule has 1 aromatic heterocycles. The van der Waals surface area contributed by atoms with Gasteiger partial charge in [-0.05, 0) is 50.2 Å². The number of carbonyl (C=O) groups excluding carboxylic acids is 2. The second-order valence-corrected chi connectivity index (χ2v) is 7.87. The molecule has 1 aliphatic heterocycles. The van der Waals surface area contributed by atoms with E-state index in [2.05, 4.69) is 24.2 Å². The zero-order valence-corrected chi connectivity index (χ0v) is 16.3. The van der Waals surface area contributed by atoms with E-state index in [1.54, 1.807) is 6.07 Å². The maximum absolute atomic E-state index is 12.3. The first-order chi connectivity index (χ1) is 12.1. The lowest BCUT2D eigenvalue weighted by molar-refractivity contribution is -0.132.